The highest BCUT2D eigenvalue weighted by atomic mass is 16.5. The van der Waals surface area contributed by atoms with E-state index in [0.29, 0.717) is 18.6 Å². The smallest absolute Gasteiger partial charge is 0.356 e. The van der Waals surface area contributed by atoms with Gasteiger partial charge in [0.15, 0.2) is 5.69 Å². The number of anilines is 1. The average molecular weight is 384 g/mol. The molecule has 1 fully saturated rings. The number of ether oxygens (including phenoxy) is 2. The van der Waals surface area contributed by atoms with E-state index in [-0.39, 0.29) is 5.69 Å². The first-order valence-electron chi connectivity index (χ1n) is 9.71. The number of rotatable bonds is 7. The number of nitrogens with zero attached hydrogens (tertiary/aromatic N) is 3. The van der Waals surface area contributed by atoms with Crippen molar-refractivity contribution in [2.24, 2.45) is 0 Å². The fourth-order valence-corrected chi connectivity index (χ4v) is 3.38. The van der Waals surface area contributed by atoms with Crippen LogP contribution in [-0.2, 0) is 11.3 Å². The normalized spacial score (nSPS) is 15.2. The fraction of sp³-hybridized carbons (Fsp3) is 0.476. The summed E-state index contributed by atoms with van der Waals surface area (Å²) in [4.78, 5) is 22.5. The first-order valence-corrected chi connectivity index (χ1v) is 9.71. The molecule has 1 aromatic heterocycles. The van der Waals surface area contributed by atoms with Gasteiger partial charge in [-0.15, -0.1) is 0 Å². The molecule has 0 unspecified atom stereocenters. The van der Waals surface area contributed by atoms with Crippen LogP contribution in [0.15, 0.2) is 30.5 Å². The molecule has 1 aromatic carbocycles. The van der Waals surface area contributed by atoms with E-state index in [9.17, 15) is 4.79 Å². The molecule has 0 spiro atoms. The van der Waals surface area contributed by atoms with Crippen molar-refractivity contribution in [2.45, 2.75) is 39.3 Å². The van der Waals surface area contributed by atoms with Crippen molar-refractivity contribution in [3.8, 4) is 5.75 Å². The van der Waals surface area contributed by atoms with E-state index in [4.69, 9.17) is 9.47 Å². The number of hydrogen-bond donors (Lipinski definition) is 1. The van der Waals surface area contributed by atoms with E-state index in [1.165, 1.54) is 18.2 Å². The highest BCUT2D eigenvalue weighted by molar-refractivity contribution is 5.87. The number of aromatic nitrogens is 2. The standard InChI is InChI=1S/C21H28N4O3/c1-4-28-19-13-16(6-5-15(19)2)14-25-11-8-17(9-12-25)23-21-22-10-7-18(24-21)20(26)27-3/h5-7,10,13,17H,4,8-9,11-12,14H2,1-3H3,(H,22,23,24). The molecule has 0 atom stereocenters. The zero-order valence-corrected chi connectivity index (χ0v) is 16.8. The lowest BCUT2D eigenvalue weighted by Gasteiger charge is -2.32. The van der Waals surface area contributed by atoms with Gasteiger partial charge in [-0.1, -0.05) is 12.1 Å². The van der Waals surface area contributed by atoms with Crippen LogP contribution in [0.3, 0.4) is 0 Å². The number of carbonyl (C=O) groups is 1. The molecular formula is C21H28N4O3. The largest absolute Gasteiger partial charge is 0.494 e. The third-order valence-corrected chi connectivity index (χ3v) is 4.93. The van der Waals surface area contributed by atoms with Crippen LogP contribution < -0.4 is 10.1 Å². The maximum Gasteiger partial charge on any atom is 0.356 e. The minimum Gasteiger partial charge on any atom is -0.494 e. The average Bonchev–Trinajstić information content (AvgIpc) is 2.72. The van der Waals surface area contributed by atoms with Crippen molar-refractivity contribution in [1.82, 2.24) is 14.9 Å². The van der Waals surface area contributed by atoms with Crippen LogP contribution in [0, 0.1) is 6.92 Å². The second-order valence-electron chi connectivity index (χ2n) is 6.98. The molecular weight excluding hydrogens is 356 g/mol. The predicted octanol–water partition coefficient (Wildman–Crippen LogP) is 3.05. The van der Waals surface area contributed by atoms with Crippen LogP contribution in [0.1, 0.15) is 41.4 Å². The Hall–Kier alpha value is -2.67. The highest BCUT2D eigenvalue weighted by Crippen LogP contribution is 2.22. The molecule has 1 aliphatic heterocycles. The Labute approximate surface area is 166 Å². The molecule has 2 aromatic rings. The number of likely N-dealkylation sites (tertiary alicyclic amines) is 1. The zero-order valence-electron chi connectivity index (χ0n) is 16.8. The van der Waals surface area contributed by atoms with Gasteiger partial charge in [0.05, 0.1) is 13.7 Å². The Bertz CT molecular complexity index is 804. The lowest BCUT2D eigenvalue weighted by molar-refractivity contribution is 0.0594. The molecule has 2 heterocycles. The van der Waals surface area contributed by atoms with E-state index >= 15 is 0 Å². The number of esters is 1. The third kappa shape index (κ3) is 5.19. The van der Waals surface area contributed by atoms with Gasteiger partial charge < -0.3 is 14.8 Å². The summed E-state index contributed by atoms with van der Waals surface area (Å²) in [7, 11) is 1.35. The lowest BCUT2D eigenvalue weighted by atomic mass is 10.0. The fourth-order valence-electron chi connectivity index (χ4n) is 3.38. The van der Waals surface area contributed by atoms with Gasteiger partial charge in [-0.25, -0.2) is 14.8 Å². The maximum absolute atomic E-state index is 11.6. The molecule has 3 rings (SSSR count). The SMILES string of the molecule is CCOc1cc(CN2CCC(Nc3nccc(C(=O)OC)n3)CC2)ccc1C. The van der Waals surface area contributed by atoms with Crippen LogP contribution >= 0.6 is 0 Å². The van der Waals surface area contributed by atoms with Crippen molar-refractivity contribution >= 4 is 11.9 Å². The molecule has 7 nitrogen and oxygen atoms in total. The molecule has 0 radical (unpaired) electrons. The first-order chi connectivity index (χ1) is 13.6. The second-order valence-corrected chi connectivity index (χ2v) is 6.98. The number of piperidine rings is 1. The summed E-state index contributed by atoms with van der Waals surface area (Å²) >= 11 is 0. The highest BCUT2D eigenvalue weighted by Gasteiger charge is 2.20. The van der Waals surface area contributed by atoms with Crippen molar-refractivity contribution in [1.29, 1.82) is 0 Å². The first kappa shape index (κ1) is 20.1. The molecule has 0 amide bonds. The molecule has 7 heteroatoms. The second kappa shape index (κ2) is 9.50. The van der Waals surface area contributed by atoms with Crippen LogP contribution in [0.5, 0.6) is 5.75 Å². The minimum absolute atomic E-state index is 0.266. The van der Waals surface area contributed by atoms with Gasteiger partial charge in [0.1, 0.15) is 5.75 Å². The molecule has 0 saturated carbocycles. The van der Waals surface area contributed by atoms with E-state index in [0.717, 1.165) is 38.2 Å². The number of methoxy groups -OCH3 is 1. The van der Waals surface area contributed by atoms with Gasteiger partial charge in [-0.3, -0.25) is 4.90 Å². The van der Waals surface area contributed by atoms with E-state index in [2.05, 4.69) is 45.3 Å². The molecule has 150 valence electrons. The number of carbonyl (C=O) groups excluding carboxylic acids is 1. The van der Waals surface area contributed by atoms with Crippen molar-refractivity contribution in [2.75, 3.05) is 32.1 Å². The molecule has 0 bridgehead atoms. The third-order valence-electron chi connectivity index (χ3n) is 4.93. The van der Waals surface area contributed by atoms with E-state index in [1.54, 1.807) is 12.3 Å². The van der Waals surface area contributed by atoms with E-state index < -0.39 is 5.97 Å². The van der Waals surface area contributed by atoms with E-state index in [1.807, 2.05) is 6.92 Å². The minimum atomic E-state index is -0.454. The van der Waals surface area contributed by atoms with Crippen molar-refractivity contribution in [3.05, 3.63) is 47.3 Å². The van der Waals surface area contributed by atoms with Crippen LogP contribution in [-0.4, -0.2) is 53.7 Å². The predicted molar refractivity (Wildman–Crippen MR) is 108 cm³/mol. The van der Waals surface area contributed by atoms with Crippen LogP contribution in [0.25, 0.3) is 0 Å². The zero-order chi connectivity index (χ0) is 19.9. The topological polar surface area (TPSA) is 76.6 Å². The van der Waals surface area contributed by atoms with Gasteiger partial charge in [0, 0.05) is 31.9 Å². The monoisotopic (exact) mass is 384 g/mol. The summed E-state index contributed by atoms with van der Waals surface area (Å²) in [6.45, 7) is 7.66. The molecule has 1 N–H and O–H groups in total. The maximum atomic E-state index is 11.6. The Morgan fingerprint density at radius 3 is 2.79 bits per heavy atom. The Kier molecular flexibility index (Phi) is 6.81. The van der Waals surface area contributed by atoms with Gasteiger partial charge in [0.25, 0.3) is 0 Å². The number of aryl methyl sites for hydroxylation is 1. The van der Waals surface area contributed by atoms with Crippen LogP contribution in [0.2, 0.25) is 0 Å². The van der Waals surface area contributed by atoms with Gasteiger partial charge >= 0.3 is 5.97 Å². The van der Waals surface area contributed by atoms with Gasteiger partial charge in [-0.2, -0.15) is 0 Å². The van der Waals surface area contributed by atoms with Gasteiger partial charge in [-0.05, 0) is 49.9 Å². The van der Waals surface area contributed by atoms with Crippen molar-refractivity contribution < 1.29 is 14.3 Å². The molecule has 0 aliphatic carbocycles. The summed E-state index contributed by atoms with van der Waals surface area (Å²) in [6.07, 6.45) is 3.57. The van der Waals surface area contributed by atoms with Crippen molar-refractivity contribution in [3.63, 3.8) is 0 Å². The summed E-state index contributed by atoms with van der Waals surface area (Å²) in [6, 6.07) is 8.29. The molecule has 1 saturated heterocycles. The Balaban J connectivity index is 1.52. The quantitative estimate of drug-likeness (QED) is 0.735. The molecule has 28 heavy (non-hydrogen) atoms. The Morgan fingerprint density at radius 1 is 1.29 bits per heavy atom. The number of benzene rings is 1. The number of nitrogens with one attached hydrogen (secondary N) is 1. The number of hydrogen-bond acceptors (Lipinski definition) is 7. The lowest BCUT2D eigenvalue weighted by Crippen LogP contribution is -2.39. The summed E-state index contributed by atoms with van der Waals surface area (Å²) in [5.41, 5.74) is 2.71. The summed E-state index contributed by atoms with van der Waals surface area (Å²) in [5, 5.41) is 3.34. The summed E-state index contributed by atoms with van der Waals surface area (Å²) in [5.74, 6) is 0.991. The Morgan fingerprint density at radius 2 is 2.07 bits per heavy atom. The summed E-state index contributed by atoms with van der Waals surface area (Å²) < 4.78 is 10.4. The van der Waals surface area contributed by atoms with Crippen LogP contribution in [0.4, 0.5) is 5.95 Å². The van der Waals surface area contributed by atoms with Gasteiger partial charge in [0.2, 0.25) is 5.95 Å². The molecule has 1 aliphatic rings.